The fourth-order valence-electron chi connectivity index (χ4n) is 4.50. The maximum Gasteiger partial charge on any atom is 0.234 e. The Bertz CT molecular complexity index is 1220. The molecule has 0 aliphatic heterocycles. The first kappa shape index (κ1) is 23.7. The molecule has 1 N–H and O–H groups in total. The Hall–Kier alpha value is -3.42. The van der Waals surface area contributed by atoms with Gasteiger partial charge in [0.25, 0.3) is 0 Å². The summed E-state index contributed by atoms with van der Waals surface area (Å²) in [5.41, 5.74) is 1.98. The molecule has 0 saturated carbocycles. The van der Waals surface area contributed by atoms with E-state index in [-0.39, 0.29) is 11.9 Å². The minimum Gasteiger partial charge on any atom is -0.349 e. The smallest absolute Gasteiger partial charge is 0.234 e. The SMILES string of the molecule is C[C@H](NC(=O)[C@@](C)(Cc1ccccc1)P(=O)(c1ccccc1)c1ccccc1)c1ccccc1. The van der Waals surface area contributed by atoms with Gasteiger partial charge < -0.3 is 9.88 Å². The molecule has 4 aromatic carbocycles. The molecule has 0 aliphatic carbocycles. The first-order chi connectivity index (χ1) is 16.4. The summed E-state index contributed by atoms with van der Waals surface area (Å²) < 4.78 is 15.3. The first-order valence-electron chi connectivity index (χ1n) is 11.6. The second-order valence-corrected chi connectivity index (χ2v) is 12.1. The topological polar surface area (TPSA) is 46.2 Å². The van der Waals surface area contributed by atoms with Gasteiger partial charge in [0.1, 0.15) is 5.16 Å². The molecule has 0 fully saturated rings. The second kappa shape index (κ2) is 10.2. The van der Waals surface area contributed by atoms with E-state index in [2.05, 4.69) is 5.32 Å². The summed E-state index contributed by atoms with van der Waals surface area (Å²) >= 11 is 0. The van der Waals surface area contributed by atoms with Crippen LogP contribution in [0.1, 0.15) is 31.0 Å². The van der Waals surface area contributed by atoms with E-state index in [9.17, 15) is 4.79 Å². The van der Waals surface area contributed by atoms with Gasteiger partial charge >= 0.3 is 0 Å². The molecule has 0 saturated heterocycles. The molecule has 0 aliphatic rings. The highest BCUT2D eigenvalue weighted by molar-refractivity contribution is 7.80. The van der Waals surface area contributed by atoms with Crippen LogP contribution in [0.5, 0.6) is 0 Å². The highest BCUT2D eigenvalue weighted by Gasteiger charge is 2.52. The summed E-state index contributed by atoms with van der Waals surface area (Å²) in [4.78, 5) is 14.2. The van der Waals surface area contributed by atoms with Gasteiger partial charge in [0, 0.05) is 10.6 Å². The maximum absolute atomic E-state index is 15.3. The van der Waals surface area contributed by atoms with E-state index in [1.807, 2.05) is 135 Å². The van der Waals surface area contributed by atoms with Crippen LogP contribution in [0.3, 0.4) is 0 Å². The monoisotopic (exact) mass is 467 g/mol. The third kappa shape index (κ3) is 4.62. The Morgan fingerprint density at radius 1 is 0.735 bits per heavy atom. The van der Waals surface area contributed by atoms with Crippen molar-refractivity contribution >= 4 is 23.7 Å². The predicted molar refractivity (Wildman–Crippen MR) is 141 cm³/mol. The van der Waals surface area contributed by atoms with Crippen LogP contribution < -0.4 is 15.9 Å². The fraction of sp³-hybridized carbons (Fsp3) is 0.167. The molecular formula is C30H30NO2P. The maximum atomic E-state index is 15.3. The molecule has 2 atom stereocenters. The molecule has 0 unspecified atom stereocenters. The summed E-state index contributed by atoms with van der Waals surface area (Å²) in [5, 5.41) is 3.35. The zero-order chi connectivity index (χ0) is 24.0. The van der Waals surface area contributed by atoms with E-state index in [4.69, 9.17) is 0 Å². The standard InChI is InChI=1S/C30H30NO2P/c1-24(26-17-9-4-10-18-26)31-29(32)30(2,23-25-15-7-3-8-16-25)34(33,27-19-11-5-12-20-27)28-21-13-6-14-22-28/h3-22,24H,23H2,1-2H3,(H,31,32)/t24-,30+/m0/s1. The number of benzene rings is 4. The molecule has 0 bridgehead atoms. The van der Waals surface area contributed by atoms with Gasteiger partial charge in [-0.3, -0.25) is 4.79 Å². The largest absolute Gasteiger partial charge is 0.349 e. The zero-order valence-corrected chi connectivity index (χ0v) is 20.5. The number of carbonyl (C=O) groups excluding carboxylic acids is 1. The van der Waals surface area contributed by atoms with Crippen molar-refractivity contribution in [2.45, 2.75) is 31.5 Å². The van der Waals surface area contributed by atoms with E-state index in [1.54, 1.807) is 0 Å². The lowest BCUT2D eigenvalue weighted by Gasteiger charge is -2.38. The van der Waals surface area contributed by atoms with E-state index in [0.29, 0.717) is 17.0 Å². The normalized spacial score (nSPS) is 14.1. The van der Waals surface area contributed by atoms with Gasteiger partial charge in [0.05, 0.1) is 6.04 Å². The summed E-state index contributed by atoms with van der Waals surface area (Å²) in [5.74, 6) is -0.219. The van der Waals surface area contributed by atoms with Gasteiger partial charge in [-0.25, -0.2) is 0 Å². The number of amides is 1. The van der Waals surface area contributed by atoms with E-state index < -0.39 is 12.3 Å². The minimum absolute atomic E-state index is 0.219. The van der Waals surface area contributed by atoms with Gasteiger partial charge in [-0.2, -0.15) is 0 Å². The molecule has 0 radical (unpaired) electrons. The van der Waals surface area contributed by atoms with Gasteiger partial charge in [0.15, 0.2) is 7.14 Å². The Labute approximate surface area is 202 Å². The predicted octanol–water partition coefficient (Wildman–Crippen LogP) is 5.88. The molecule has 3 nitrogen and oxygen atoms in total. The van der Waals surface area contributed by atoms with Crippen LogP contribution in [0.25, 0.3) is 0 Å². The lowest BCUT2D eigenvalue weighted by Crippen LogP contribution is -2.50. The van der Waals surface area contributed by atoms with Gasteiger partial charge in [-0.1, -0.05) is 121 Å². The number of nitrogens with one attached hydrogen (secondary N) is 1. The highest BCUT2D eigenvalue weighted by Crippen LogP contribution is 2.57. The van der Waals surface area contributed by atoms with Crippen LogP contribution >= 0.6 is 7.14 Å². The van der Waals surface area contributed by atoms with Crippen LogP contribution in [-0.2, 0) is 15.8 Å². The van der Waals surface area contributed by atoms with Crippen LogP contribution in [0.2, 0.25) is 0 Å². The van der Waals surface area contributed by atoms with E-state index in [1.165, 1.54) is 0 Å². The lowest BCUT2D eigenvalue weighted by atomic mass is 9.98. The molecule has 4 heteroatoms. The van der Waals surface area contributed by atoms with Crippen molar-refractivity contribution in [3.8, 4) is 0 Å². The van der Waals surface area contributed by atoms with Crippen molar-refractivity contribution in [2.75, 3.05) is 0 Å². The molecule has 0 heterocycles. The molecule has 0 aromatic heterocycles. The average Bonchev–Trinajstić information content (AvgIpc) is 2.90. The molecule has 172 valence electrons. The van der Waals surface area contributed by atoms with E-state index in [0.717, 1.165) is 11.1 Å². The molecule has 0 spiro atoms. The summed E-state index contributed by atoms with van der Waals surface area (Å²) in [6.07, 6.45) is 0.349. The quantitative estimate of drug-likeness (QED) is 0.329. The molecule has 1 amide bonds. The van der Waals surface area contributed by atoms with E-state index >= 15 is 4.57 Å². The molecule has 4 aromatic rings. The third-order valence-electron chi connectivity index (χ3n) is 6.46. The van der Waals surface area contributed by atoms with Gasteiger partial charge in [0.2, 0.25) is 5.91 Å². The van der Waals surface area contributed by atoms with Crippen molar-refractivity contribution in [3.63, 3.8) is 0 Å². The number of rotatable bonds is 8. The summed E-state index contributed by atoms with van der Waals surface area (Å²) in [6, 6.07) is 38.4. The zero-order valence-electron chi connectivity index (χ0n) is 19.6. The summed E-state index contributed by atoms with van der Waals surface area (Å²) in [6.45, 7) is 3.82. The fourth-order valence-corrected chi connectivity index (χ4v) is 7.88. The van der Waals surface area contributed by atoms with Crippen LogP contribution in [0.15, 0.2) is 121 Å². The molecular weight excluding hydrogens is 437 g/mol. The minimum atomic E-state index is -3.43. The first-order valence-corrected chi connectivity index (χ1v) is 13.3. The van der Waals surface area contributed by atoms with Crippen LogP contribution in [-0.4, -0.2) is 11.1 Å². The van der Waals surface area contributed by atoms with Crippen molar-refractivity contribution < 1.29 is 9.36 Å². The second-order valence-electron chi connectivity index (χ2n) is 8.82. The Balaban J connectivity index is 1.86. The van der Waals surface area contributed by atoms with Crippen molar-refractivity contribution in [1.82, 2.24) is 5.32 Å². The molecule has 34 heavy (non-hydrogen) atoms. The van der Waals surface area contributed by atoms with Gasteiger partial charge in [-0.05, 0) is 31.4 Å². The third-order valence-corrected chi connectivity index (χ3v) is 10.3. The summed E-state index contributed by atoms with van der Waals surface area (Å²) in [7, 11) is -3.43. The van der Waals surface area contributed by atoms with Crippen LogP contribution in [0, 0.1) is 0 Å². The van der Waals surface area contributed by atoms with Crippen molar-refractivity contribution in [3.05, 3.63) is 132 Å². The average molecular weight is 468 g/mol. The highest BCUT2D eigenvalue weighted by atomic mass is 31.2. The Kier molecular flexibility index (Phi) is 7.14. The Morgan fingerprint density at radius 2 is 1.15 bits per heavy atom. The lowest BCUT2D eigenvalue weighted by molar-refractivity contribution is -0.124. The Morgan fingerprint density at radius 3 is 1.62 bits per heavy atom. The number of carbonyl (C=O) groups is 1. The van der Waals surface area contributed by atoms with Crippen LogP contribution in [0.4, 0.5) is 0 Å². The number of hydrogen-bond donors (Lipinski definition) is 1. The number of hydrogen-bond acceptors (Lipinski definition) is 2. The van der Waals surface area contributed by atoms with Crippen molar-refractivity contribution in [2.24, 2.45) is 0 Å². The van der Waals surface area contributed by atoms with Gasteiger partial charge in [-0.15, -0.1) is 0 Å². The van der Waals surface area contributed by atoms with Crippen molar-refractivity contribution in [1.29, 1.82) is 0 Å². The molecule has 4 rings (SSSR count).